The molecule has 118 valence electrons. The van der Waals surface area contributed by atoms with Crippen LogP contribution in [0.15, 0.2) is 0 Å². The number of hydrogen-bond donors (Lipinski definition) is 1. The number of carboxylic acid groups (broad SMARTS) is 1. The Balaban J connectivity index is 2.01. The summed E-state index contributed by atoms with van der Waals surface area (Å²) in [7, 11) is 0. The molecule has 7 heteroatoms. The first-order valence-corrected chi connectivity index (χ1v) is 8.58. The average molecular weight is 314 g/mol. The maximum atomic E-state index is 12.6. The minimum absolute atomic E-state index is 0.0210. The maximum Gasteiger partial charge on any atom is 0.308 e. The van der Waals surface area contributed by atoms with Crippen molar-refractivity contribution >= 4 is 29.5 Å². The fourth-order valence-electron chi connectivity index (χ4n) is 2.84. The van der Waals surface area contributed by atoms with Crippen LogP contribution in [0.4, 0.5) is 0 Å². The molecule has 0 aromatic heterocycles. The molecule has 1 N–H and O–H groups in total. The van der Waals surface area contributed by atoms with Gasteiger partial charge in [0.1, 0.15) is 6.04 Å². The summed E-state index contributed by atoms with van der Waals surface area (Å²) in [5.74, 6) is -0.208. The highest BCUT2D eigenvalue weighted by atomic mass is 32.2. The summed E-state index contributed by atoms with van der Waals surface area (Å²) in [4.78, 5) is 39.1. The van der Waals surface area contributed by atoms with E-state index >= 15 is 0 Å². The first-order chi connectivity index (χ1) is 10.0. The van der Waals surface area contributed by atoms with E-state index < -0.39 is 17.9 Å². The van der Waals surface area contributed by atoms with E-state index in [1.165, 1.54) is 0 Å². The van der Waals surface area contributed by atoms with Gasteiger partial charge >= 0.3 is 5.97 Å². The second-order valence-electron chi connectivity index (χ2n) is 5.59. The summed E-state index contributed by atoms with van der Waals surface area (Å²) >= 11 is 1.59. The van der Waals surface area contributed by atoms with E-state index in [1.807, 2.05) is 6.92 Å². The Labute approximate surface area is 128 Å². The third kappa shape index (κ3) is 3.70. The van der Waals surface area contributed by atoms with Crippen molar-refractivity contribution in [2.45, 2.75) is 38.6 Å². The Morgan fingerprint density at radius 2 is 2.10 bits per heavy atom. The molecular weight excluding hydrogens is 292 g/mol. The Kier molecular flexibility index (Phi) is 5.50. The first kappa shape index (κ1) is 16.1. The van der Waals surface area contributed by atoms with Crippen LogP contribution in [0.1, 0.15) is 32.6 Å². The summed E-state index contributed by atoms with van der Waals surface area (Å²) in [5, 5.41) is 9.11. The van der Waals surface area contributed by atoms with Crippen molar-refractivity contribution < 1.29 is 19.5 Å². The number of hydrogen-bond acceptors (Lipinski definition) is 4. The Hall–Kier alpha value is -1.24. The summed E-state index contributed by atoms with van der Waals surface area (Å²) in [6.07, 6.45) is 2.57. The van der Waals surface area contributed by atoms with Gasteiger partial charge < -0.3 is 14.9 Å². The van der Waals surface area contributed by atoms with Crippen molar-refractivity contribution in [3.8, 4) is 0 Å². The van der Waals surface area contributed by atoms with Crippen molar-refractivity contribution in [2.75, 3.05) is 24.7 Å². The van der Waals surface area contributed by atoms with E-state index in [0.29, 0.717) is 37.4 Å². The quantitative estimate of drug-likeness (QED) is 0.838. The largest absolute Gasteiger partial charge is 0.481 e. The predicted molar refractivity (Wildman–Crippen MR) is 79.8 cm³/mol. The van der Waals surface area contributed by atoms with Crippen LogP contribution in [0.25, 0.3) is 0 Å². The number of nitrogens with zero attached hydrogens (tertiary/aromatic N) is 2. The third-order valence-corrected chi connectivity index (χ3v) is 5.05. The van der Waals surface area contributed by atoms with E-state index in [9.17, 15) is 14.4 Å². The Morgan fingerprint density at radius 3 is 2.76 bits per heavy atom. The smallest absolute Gasteiger partial charge is 0.308 e. The van der Waals surface area contributed by atoms with Crippen molar-refractivity contribution in [2.24, 2.45) is 5.92 Å². The summed E-state index contributed by atoms with van der Waals surface area (Å²) in [5.41, 5.74) is 0. The highest BCUT2D eigenvalue weighted by molar-refractivity contribution is 7.99. The normalized spacial score (nSPS) is 26.0. The number of aliphatic carboxylic acids is 1. The number of likely N-dealkylation sites (tertiary alicyclic amines) is 1. The number of piperidine rings is 1. The molecule has 0 spiro atoms. The van der Waals surface area contributed by atoms with E-state index in [1.54, 1.807) is 21.6 Å². The standard InChI is InChI=1S/C14H22N2O4S/c1-2-4-12(17)16-9-21-8-11(16)13(18)15-6-3-5-10(7-15)14(19)20/h10-11H,2-9H2,1H3,(H,19,20). The van der Waals surface area contributed by atoms with Gasteiger partial charge in [0.25, 0.3) is 0 Å². The number of carbonyl (C=O) groups is 3. The Bertz CT molecular complexity index is 429. The molecule has 2 fully saturated rings. The van der Waals surface area contributed by atoms with Gasteiger partial charge in [-0.1, -0.05) is 6.92 Å². The molecule has 0 radical (unpaired) electrons. The molecule has 2 saturated heterocycles. The zero-order chi connectivity index (χ0) is 15.4. The van der Waals surface area contributed by atoms with E-state index in [4.69, 9.17) is 5.11 Å². The summed E-state index contributed by atoms with van der Waals surface area (Å²) in [6.45, 7) is 2.81. The molecule has 2 rings (SSSR count). The van der Waals surface area contributed by atoms with Crippen LogP contribution in [0.5, 0.6) is 0 Å². The lowest BCUT2D eigenvalue weighted by atomic mass is 9.97. The fourth-order valence-corrected chi connectivity index (χ4v) is 4.01. The van der Waals surface area contributed by atoms with Gasteiger partial charge in [0, 0.05) is 25.3 Å². The van der Waals surface area contributed by atoms with Crippen molar-refractivity contribution in [1.82, 2.24) is 9.80 Å². The third-order valence-electron chi connectivity index (χ3n) is 4.03. The number of amides is 2. The molecule has 0 saturated carbocycles. The fraction of sp³-hybridized carbons (Fsp3) is 0.786. The van der Waals surface area contributed by atoms with Crippen LogP contribution < -0.4 is 0 Å². The molecule has 0 aromatic rings. The van der Waals surface area contributed by atoms with Crippen molar-refractivity contribution in [3.63, 3.8) is 0 Å². The lowest BCUT2D eigenvalue weighted by molar-refractivity contribution is -0.149. The maximum absolute atomic E-state index is 12.6. The van der Waals surface area contributed by atoms with Crippen LogP contribution >= 0.6 is 11.8 Å². The lowest BCUT2D eigenvalue weighted by Gasteiger charge is -2.34. The van der Waals surface area contributed by atoms with Gasteiger partial charge in [0.2, 0.25) is 11.8 Å². The molecule has 6 nitrogen and oxygen atoms in total. The van der Waals surface area contributed by atoms with Gasteiger partial charge in [0.15, 0.2) is 0 Å². The number of rotatable bonds is 4. The predicted octanol–water partition coefficient (Wildman–Crippen LogP) is 1.01. The van der Waals surface area contributed by atoms with Crippen LogP contribution in [0.2, 0.25) is 0 Å². The molecule has 21 heavy (non-hydrogen) atoms. The highest BCUT2D eigenvalue weighted by Crippen LogP contribution is 2.26. The zero-order valence-electron chi connectivity index (χ0n) is 12.3. The molecule has 0 aromatic carbocycles. The second-order valence-corrected chi connectivity index (χ2v) is 6.59. The monoisotopic (exact) mass is 314 g/mol. The molecule has 2 aliphatic heterocycles. The molecule has 2 aliphatic rings. The lowest BCUT2D eigenvalue weighted by Crippen LogP contribution is -2.52. The molecule has 2 unspecified atom stereocenters. The molecule has 2 amide bonds. The van der Waals surface area contributed by atoms with Gasteiger partial charge in [-0.25, -0.2) is 0 Å². The van der Waals surface area contributed by atoms with Crippen LogP contribution in [-0.2, 0) is 14.4 Å². The van der Waals surface area contributed by atoms with E-state index in [2.05, 4.69) is 0 Å². The van der Waals surface area contributed by atoms with Crippen molar-refractivity contribution in [1.29, 1.82) is 0 Å². The molecule has 2 atom stereocenters. The van der Waals surface area contributed by atoms with Crippen LogP contribution in [0, 0.1) is 5.92 Å². The Morgan fingerprint density at radius 1 is 1.33 bits per heavy atom. The van der Waals surface area contributed by atoms with Crippen LogP contribution in [-0.4, -0.2) is 63.5 Å². The number of carbonyl (C=O) groups excluding carboxylic acids is 2. The van der Waals surface area contributed by atoms with Crippen LogP contribution in [0.3, 0.4) is 0 Å². The molecular formula is C14H22N2O4S. The van der Waals surface area contributed by atoms with Crippen molar-refractivity contribution in [3.05, 3.63) is 0 Å². The highest BCUT2D eigenvalue weighted by Gasteiger charge is 2.38. The van der Waals surface area contributed by atoms with Gasteiger partial charge in [-0.3, -0.25) is 14.4 Å². The molecule has 0 bridgehead atoms. The minimum Gasteiger partial charge on any atom is -0.481 e. The molecule has 0 aliphatic carbocycles. The SMILES string of the molecule is CCCC(=O)N1CSCC1C(=O)N1CCCC(C(=O)O)C1. The number of carboxylic acids is 1. The average Bonchev–Trinajstić information content (AvgIpc) is 2.96. The van der Waals surface area contributed by atoms with E-state index in [0.717, 1.165) is 6.42 Å². The van der Waals surface area contributed by atoms with Gasteiger partial charge in [0.05, 0.1) is 11.8 Å². The van der Waals surface area contributed by atoms with Gasteiger partial charge in [-0.05, 0) is 19.3 Å². The van der Waals surface area contributed by atoms with Gasteiger partial charge in [-0.2, -0.15) is 0 Å². The molecule has 2 heterocycles. The summed E-state index contributed by atoms with van der Waals surface area (Å²) in [6, 6.07) is -0.415. The van der Waals surface area contributed by atoms with Gasteiger partial charge in [-0.15, -0.1) is 11.8 Å². The topological polar surface area (TPSA) is 77.9 Å². The summed E-state index contributed by atoms with van der Waals surface area (Å²) < 4.78 is 0. The van der Waals surface area contributed by atoms with E-state index in [-0.39, 0.29) is 18.4 Å². The minimum atomic E-state index is -0.841. The second kappa shape index (κ2) is 7.15. The zero-order valence-corrected chi connectivity index (χ0v) is 13.1. The number of thioether (sulfide) groups is 1. The first-order valence-electron chi connectivity index (χ1n) is 7.43.